The Morgan fingerprint density at radius 3 is 3.09 bits per heavy atom. The maximum Gasteiger partial charge on any atom is 0.0467 e. The number of ether oxygens (including phenoxy) is 1. The first-order valence-corrected chi connectivity index (χ1v) is 4.50. The summed E-state index contributed by atoms with van der Waals surface area (Å²) >= 11 is 0. The van der Waals surface area contributed by atoms with Gasteiger partial charge in [-0.2, -0.15) is 0 Å². The van der Waals surface area contributed by atoms with Gasteiger partial charge < -0.3 is 4.74 Å². The van der Waals surface area contributed by atoms with Crippen LogP contribution in [0.5, 0.6) is 0 Å². The third kappa shape index (κ3) is 2.66. The molecule has 0 saturated carbocycles. The smallest absolute Gasteiger partial charge is 0.0467 e. The van der Waals surface area contributed by atoms with E-state index >= 15 is 0 Å². The molecule has 0 spiro atoms. The molecular formula is C10H18O. The molecule has 1 atom stereocenters. The van der Waals surface area contributed by atoms with Gasteiger partial charge in [0.25, 0.3) is 0 Å². The molecule has 1 nitrogen and oxygen atoms in total. The Bertz CT molecular complexity index is 138. The number of allylic oxidation sites excluding steroid dienone is 2. The average Bonchev–Trinajstić information content (AvgIpc) is 2.03. The van der Waals surface area contributed by atoms with E-state index in [-0.39, 0.29) is 0 Å². The highest BCUT2D eigenvalue weighted by Crippen LogP contribution is 2.26. The van der Waals surface area contributed by atoms with E-state index in [1.54, 1.807) is 12.7 Å². The largest absolute Gasteiger partial charge is 0.385 e. The van der Waals surface area contributed by atoms with Gasteiger partial charge in [-0.3, -0.25) is 0 Å². The van der Waals surface area contributed by atoms with E-state index in [0.717, 1.165) is 12.5 Å². The maximum absolute atomic E-state index is 5.07. The predicted octanol–water partition coefficient (Wildman–Crippen LogP) is 2.77. The van der Waals surface area contributed by atoms with Crippen molar-refractivity contribution in [2.45, 2.75) is 32.6 Å². The zero-order chi connectivity index (χ0) is 8.10. The van der Waals surface area contributed by atoms with Gasteiger partial charge in [-0.1, -0.05) is 11.6 Å². The lowest BCUT2D eigenvalue weighted by molar-refractivity contribution is 0.179. The van der Waals surface area contributed by atoms with Crippen molar-refractivity contribution < 1.29 is 4.74 Å². The molecule has 1 aliphatic rings. The molecule has 0 amide bonds. The molecule has 0 radical (unpaired) electrons. The molecule has 0 aromatic heterocycles. The van der Waals surface area contributed by atoms with Crippen molar-refractivity contribution in [1.29, 1.82) is 0 Å². The molecule has 1 rings (SSSR count). The zero-order valence-electron chi connectivity index (χ0n) is 7.60. The van der Waals surface area contributed by atoms with Gasteiger partial charge in [-0.05, 0) is 38.5 Å². The molecule has 0 saturated heterocycles. The molecule has 64 valence electrons. The van der Waals surface area contributed by atoms with E-state index in [2.05, 4.69) is 13.0 Å². The molecule has 1 unspecified atom stereocenters. The van der Waals surface area contributed by atoms with Crippen molar-refractivity contribution in [3.63, 3.8) is 0 Å². The summed E-state index contributed by atoms with van der Waals surface area (Å²) in [5, 5.41) is 0. The highest BCUT2D eigenvalue weighted by Gasteiger charge is 2.13. The Morgan fingerprint density at radius 2 is 2.45 bits per heavy atom. The van der Waals surface area contributed by atoms with Gasteiger partial charge in [-0.15, -0.1) is 0 Å². The minimum Gasteiger partial charge on any atom is -0.385 e. The second-order valence-electron chi connectivity index (χ2n) is 3.36. The van der Waals surface area contributed by atoms with Gasteiger partial charge in [0.15, 0.2) is 0 Å². The molecule has 0 heterocycles. The third-order valence-corrected chi connectivity index (χ3v) is 2.54. The Hall–Kier alpha value is -0.300. The average molecular weight is 154 g/mol. The predicted molar refractivity (Wildman–Crippen MR) is 47.6 cm³/mol. The number of hydrogen-bond donors (Lipinski definition) is 0. The van der Waals surface area contributed by atoms with Crippen molar-refractivity contribution in [3.05, 3.63) is 11.6 Å². The highest BCUT2D eigenvalue weighted by atomic mass is 16.5. The SMILES string of the molecule is COCCC1CCCC=C1C. The molecule has 0 aromatic rings. The van der Waals surface area contributed by atoms with Crippen LogP contribution in [0.3, 0.4) is 0 Å². The molecule has 0 fully saturated rings. The van der Waals surface area contributed by atoms with E-state index in [9.17, 15) is 0 Å². The summed E-state index contributed by atoms with van der Waals surface area (Å²) in [7, 11) is 1.78. The minimum absolute atomic E-state index is 0.809. The lowest BCUT2D eigenvalue weighted by Crippen LogP contribution is -2.09. The number of rotatable bonds is 3. The van der Waals surface area contributed by atoms with Crippen molar-refractivity contribution in [2.75, 3.05) is 13.7 Å². The fourth-order valence-electron chi connectivity index (χ4n) is 1.72. The van der Waals surface area contributed by atoms with Crippen LogP contribution in [0.2, 0.25) is 0 Å². The van der Waals surface area contributed by atoms with Crippen molar-refractivity contribution in [1.82, 2.24) is 0 Å². The lowest BCUT2D eigenvalue weighted by atomic mass is 9.87. The van der Waals surface area contributed by atoms with E-state index < -0.39 is 0 Å². The maximum atomic E-state index is 5.07. The summed E-state index contributed by atoms with van der Waals surface area (Å²) in [6, 6.07) is 0. The third-order valence-electron chi connectivity index (χ3n) is 2.54. The summed E-state index contributed by atoms with van der Waals surface area (Å²) in [6.07, 6.45) is 7.61. The topological polar surface area (TPSA) is 9.23 Å². The summed E-state index contributed by atoms with van der Waals surface area (Å²) in [4.78, 5) is 0. The van der Waals surface area contributed by atoms with Crippen LogP contribution in [0.1, 0.15) is 32.6 Å². The summed E-state index contributed by atoms with van der Waals surface area (Å²) < 4.78 is 5.07. The molecule has 0 aromatic carbocycles. The first-order valence-electron chi connectivity index (χ1n) is 4.50. The van der Waals surface area contributed by atoms with Gasteiger partial charge in [0.1, 0.15) is 0 Å². The van der Waals surface area contributed by atoms with Crippen LogP contribution >= 0.6 is 0 Å². The standard InChI is InChI=1S/C10H18O/c1-9-5-3-4-6-10(9)7-8-11-2/h5,10H,3-4,6-8H2,1-2H3. The molecule has 0 N–H and O–H groups in total. The fourth-order valence-corrected chi connectivity index (χ4v) is 1.72. The molecule has 1 aliphatic carbocycles. The fraction of sp³-hybridized carbons (Fsp3) is 0.800. The molecule has 0 aliphatic heterocycles. The Balaban J connectivity index is 2.31. The highest BCUT2D eigenvalue weighted by molar-refractivity contribution is 5.06. The first kappa shape index (κ1) is 8.79. The normalized spacial score (nSPS) is 24.9. The van der Waals surface area contributed by atoms with Crippen LogP contribution in [0.4, 0.5) is 0 Å². The zero-order valence-corrected chi connectivity index (χ0v) is 7.60. The van der Waals surface area contributed by atoms with Crippen molar-refractivity contribution >= 4 is 0 Å². The molecular weight excluding hydrogens is 136 g/mol. The quantitative estimate of drug-likeness (QED) is 0.568. The van der Waals surface area contributed by atoms with Crippen LogP contribution in [0.15, 0.2) is 11.6 Å². The van der Waals surface area contributed by atoms with Crippen LogP contribution < -0.4 is 0 Å². The Kier molecular flexibility index (Phi) is 3.64. The number of methoxy groups -OCH3 is 1. The van der Waals surface area contributed by atoms with Crippen LogP contribution in [-0.4, -0.2) is 13.7 Å². The Morgan fingerprint density at radius 1 is 1.64 bits per heavy atom. The monoisotopic (exact) mass is 154 g/mol. The van der Waals surface area contributed by atoms with Crippen LogP contribution in [0, 0.1) is 5.92 Å². The summed E-state index contributed by atoms with van der Waals surface area (Å²) in [5.74, 6) is 0.809. The second-order valence-corrected chi connectivity index (χ2v) is 3.36. The summed E-state index contributed by atoms with van der Waals surface area (Å²) in [6.45, 7) is 3.16. The van der Waals surface area contributed by atoms with Gasteiger partial charge in [-0.25, -0.2) is 0 Å². The summed E-state index contributed by atoms with van der Waals surface area (Å²) in [5.41, 5.74) is 1.58. The second kappa shape index (κ2) is 4.55. The minimum atomic E-state index is 0.809. The van der Waals surface area contributed by atoms with Crippen molar-refractivity contribution in [3.8, 4) is 0 Å². The number of hydrogen-bond acceptors (Lipinski definition) is 1. The van der Waals surface area contributed by atoms with E-state index in [1.165, 1.54) is 25.7 Å². The van der Waals surface area contributed by atoms with E-state index in [0.29, 0.717) is 0 Å². The van der Waals surface area contributed by atoms with E-state index in [4.69, 9.17) is 4.74 Å². The lowest BCUT2D eigenvalue weighted by Gasteiger charge is -2.21. The van der Waals surface area contributed by atoms with Gasteiger partial charge in [0.2, 0.25) is 0 Å². The molecule has 0 bridgehead atoms. The van der Waals surface area contributed by atoms with Gasteiger partial charge in [0.05, 0.1) is 0 Å². The van der Waals surface area contributed by atoms with Crippen LogP contribution in [0.25, 0.3) is 0 Å². The Labute approximate surface area is 69.4 Å². The molecule has 1 heteroatoms. The van der Waals surface area contributed by atoms with Crippen molar-refractivity contribution in [2.24, 2.45) is 5.92 Å². The first-order chi connectivity index (χ1) is 5.34. The molecule has 11 heavy (non-hydrogen) atoms. The van der Waals surface area contributed by atoms with Crippen LogP contribution in [-0.2, 0) is 4.74 Å². The van der Waals surface area contributed by atoms with E-state index in [1.807, 2.05) is 0 Å². The van der Waals surface area contributed by atoms with Gasteiger partial charge >= 0.3 is 0 Å². The van der Waals surface area contributed by atoms with Gasteiger partial charge in [0, 0.05) is 13.7 Å².